The van der Waals surface area contributed by atoms with E-state index in [1.54, 1.807) is 18.7 Å². The molecule has 2 aliphatic heterocycles. The van der Waals surface area contributed by atoms with Gasteiger partial charge in [0.15, 0.2) is 0 Å². The van der Waals surface area contributed by atoms with Gasteiger partial charge >= 0.3 is 6.09 Å². The number of hydrogen-bond donors (Lipinski definition) is 3. The van der Waals surface area contributed by atoms with Crippen molar-refractivity contribution in [2.75, 3.05) is 27.3 Å². The Morgan fingerprint density at radius 1 is 0.865 bits per heavy atom. The van der Waals surface area contributed by atoms with Crippen molar-refractivity contribution in [1.82, 2.24) is 39.6 Å². The number of likely N-dealkylation sites (tertiary alicyclic amines) is 2. The lowest BCUT2D eigenvalue weighted by molar-refractivity contribution is -0.188. The Hall–Kier alpha value is -5.70. The van der Waals surface area contributed by atoms with Gasteiger partial charge in [0.05, 0.1) is 50.1 Å². The minimum Gasteiger partial charge on any atom is -0.453 e. The first-order valence-electron chi connectivity index (χ1n) is 17.5. The molecule has 0 bridgehead atoms. The Labute approximate surface area is 300 Å². The van der Waals surface area contributed by atoms with Crippen molar-refractivity contribution in [2.24, 2.45) is 12.0 Å². The van der Waals surface area contributed by atoms with E-state index in [0.29, 0.717) is 13.1 Å². The summed E-state index contributed by atoms with van der Waals surface area (Å²) in [5.74, 6) is 1.21. The molecule has 5 heterocycles. The second kappa shape index (κ2) is 14.5. The van der Waals surface area contributed by atoms with Crippen molar-refractivity contribution in [2.45, 2.75) is 63.7 Å². The van der Waals surface area contributed by atoms with Crippen molar-refractivity contribution in [1.29, 1.82) is 0 Å². The fourth-order valence-corrected chi connectivity index (χ4v) is 7.48. The van der Waals surface area contributed by atoms with Crippen LogP contribution in [0.3, 0.4) is 0 Å². The molecule has 2 saturated heterocycles. The van der Waals surface area contributed by atoms with Crippen LogP contribution in [-0.4, -0.2) is 98.0 Å². The van der Waals surface area contributed by atoms with Crippen LogP contribution in [0.25, 0.3) is 44.3 Å². The van der Waals surface area contributed by atoms with Crippen LogP contribution in [0.5, 0.6) is 0 Å². The van der Waals surface area contributed by atoms with Crippen LogP contribution in [0.4, 0.5) is 4.79 Å². The number of aryl methyl sites for hydroxylation is 1. The number of hydrogen-bond acceptors (Lipinski definition) is 9. The van der Waals surface area contributed by atoms with Crippen molar-refractivity contribution < 1.29 is 28.9 Å². The van der Waals surface area contributed by atoms with E-state index >= 15 is 0 Å². The van der Waals surface area contributed by atoms with Gasteiger partial charge in [0, 0.05) is 53.1 Å². The molecular formula is C37H43N9O6. The third-order valence-electron chi connectivity index (χ3n) is 10.2. The topological polar surface area (TPSA) is 172 Å². The minimum atomic E-state index is -0.710. The molecule has 3 N–H and O–H groups in total. The predicted octanol–water partition coefficient (Wildman–Crippen LogP) is 5.18. The Morgan fingerprint density at radius 3 is 1.92 bits per heavy atom. The maximum Gasteiger partial charge on any atom is 0.407 e. The number of benzene rings is 2. The molecule has 3 aromatic heterocycles. The predicted molar refractivity (Wildman–Crippen MR) is 194 cm³/mol. The van der Waals surface area contributed by atoms with Gasteiger partial charge in [-0.25, -0.2) is 19.8 Å². The van der Waals surface area contributed by atoms with Gasteiger partial charge in [-0.1, -0.05) is 24.3 Å². The van der Waals surface area contributed by atoms with Gasteiger partial charge in [-0.2, -0.15) is 4.89 Å². The fraction of sp³-hybridized carbons (Fsp3) is 0.405. The Bertz CT molecular complexity index is 2150. The Kier molecular flexibility index (Phi) is 9.69. The van der Waals surface area contributed by atoms with Crippen molar-refractivity contribution >= 4 is 46.1 Å². The summed E-state index contributed by atoms with van der Waals surface area (Å²) in [6, 6.07) is 11.1. The van der Waals surface area contributed by atoms with E-state index in [1.807, 2.05) is 17.3 Å². The van der Waals surface area contributed by atoms with E-state index in [0.717, 1.165) is 88.1 Å². The minimum absolute atomic E-state index is 0.0886. The number of nitrogens with zero attached hydrogens (tertiary/aromatic N) is 6. The van der Waals surface area contributed by atoms with Crippen LogP contribution in [0.2, 0.25) is 0 Å². The molecule has 4 atom stereocenters. The van der Waals surface area contributed by atoms with Gasteiger partial charge in [0.1, 0.15) is 23.7 Å². The lowest BCUT2D eigenvalue weighted by Crippen LogP contribution is -2.46. The van der Waals surface area contributed by atoms with Gasteiger partial charge in [-0.3, -0.25) is 9.59 Å². The van der Waals surface area contributed by atoms with Gasteiger partial charge in [0.2, 0.25) is 18.2 Å². The first-order chi connectivity index (χ1) is 25.2. The monoisotopic (exact) mass is 709 g/mol. The van der Waals surface area contributed by atoms with Gasteiger partial charge in [-0.05, 0) is 51.7 Å². The fourth-order valence-electron chi connectivity index (χ4n) is 7.48. The summed E-state index contributed by atoms with van der Waals surface area (Å²) in [5.41, 5.74) is 5.85. The molecule has 272 valence electrons. The number of H-pyrrole nitrogens is 2. The third kappa shape index (κ3) is 6.47. The number of ether oxygens (including phenoxy) is 1. The molecule has 0 unspecified atom stereocenters. The molecule has 2 aromatic carbocycles. The first-order valence-corrected chi connectivity index (χ1v) is 17.5. The zero-order valence-corrected chi connectivity index (χ0v) is 29.9. The number of amides is 3. The first kappa shape index (κ1) is 34.7. The normalized spacial score (nSPS) is 18.8. The van der Waals surface area contributed by atoms with Crippen LogP contribution in [0, 0.1) is 0 Å². The average molecular weight is 710 g/mol. The molecule has 2 aliphatic rings. The van der Waals surface area contributed by atoms with Gasteiger partial charge in [-0.15, -0.1) is 0 Å². The van der Waals surface area contributed by atoms with Gasteiger partial charge < -0.3 is 39.3 Å². The summed E-state index contributed by atoms with van der Waals surface area (Å²) in [4.78, 5) is 71.4. The SMILES string of the molecule is COO/C=N\[C@@H](C)C(=O)N1CCC[C@H]1c1ncc(-c2ccc3c4ccc(-c5cnc([C@@H]6CCCN6C(=O)[C@H](C)NC(=O)OC)[nH]5)cc4n(C)c3c2)[nH]1. The standard InChI is InChI=1S/C37H43N9O6/c1-21(40-20-52-51-5)35(47)45-14-6-8-29(45)33-38-18-27(42-33)23-10-12-25-26-13-11-24(17-32(26)44(3)31(25)16-23)28-19-39-34(43-28)30-9-7-15-46(30)36(48)22(2)41-37(49)50-4/h10-13,16-22,29-30H,6-9,14-15H2,1-5H3,(H,38,42)(H,39,43)(H,41,49)/b40-20-/t21-,22-,29-,30-/m0/s1. The second-order valence-corrected chi connectivity index (χ2v) is 13.3. The quantitative estimate of drug-likeness (QED) is 0.0771. The molecule has 0 spiro atoms. The molecule has 7 rings (SSSR count). The third-order valence-corrected chi connectivity index (χ3v) is 10.2. The van der Waals surface area contributed by atoms with E-state index in [1.165, 1.54) is 14.2 Å². The van der Waals surface area contributed by atoms with Gasteiger partial charge in [0.25, 0.3) is 0 Å². The molecule has 0 saturated carbocycles. The molecule has 3 amide bonds. The summed E-state index contributed by atoms with van der Waals surface area (Å²) in [6.07, 6.45) is 7.47. The highest BCUT2D eigenvalue weighted by Gasteiger charge is 2.36. The van der Waals surface area contributed by atoms with Crippen molar-refractivity contribution in [3.05, 3.63) is 60.4 Å². The summed E-state index contributed by atoms with van der Waals surface area (Å²) in [6.45, 7) is 4.63. The Balaban J connectivity index is 1.11. The van der Waals surface area contributed by atoms with E-state index in [9.17, 15) is 14.4 Å². The molecule has 15 heteroatoms. The Morgan fingerprint density at radius 2 is 1.40 bits per heavy atom. The highest BCUT2D eigenvalue weighted by atomic mass is 17.2. The summed E-state index contributed by atoms with van der Waals surface area (Å²) in [5, 5.41) is 4.83. The van der Waals surface area contributed by atoms with Crippen LogP contribution < -0.4 is 5.32 Å². The number of aromatic amines is 2. The average Bonchev–Trinajstić information content (AvgIpc) is 4.01. The molecular weight excluding hydrogens is 666 g/mol. The molecule has 2 fully saturated rings. The molecule has 0 aliphatic carbocycles. The number of fused-ring (bicyclic) bond motifs is 3. The van der Waals surface area contributed by atoms with Crippen LogP contribution in [0.15, 0.2) is 53.8 Å². The smallest absolute Gasteiger partial charge is 0.407 e. The zero-order chi connectivity index (χ0) is 36.5. The number of aliphatic imine (C=N–C) groups is 1. The number of nitrogens with one attached hydrogen (secondary N) is 3. The molecule has 0 radical (unpaired) electrons. The molecule has 52 heavy (non-hydrogen) atoms. The van der Waals surface area contributed by atoms with Crippen LogP contribution >= 0.6 is 0 Å². The van der Waals surface area contributed by atoms with Crippen LogP contribution in [-0.2, 0) is 31.1 Å². The number of imidazole rings is 2. The zero-order valence-electron chi connectivity index (χ0n) is 29.9. The highest BCUT2D eigenvalue weighted by Crippen LogP contribution is 2.37. The maximum absolute atomic E-state index is 13.2. The lowest BCUT2D eigenvalue weighted by atomic mass is 10.1. The molecule has 15 nitrogen and oxygen atoms in total. The van der Waals surface area contributed by atoms with E-state index in [2.05, 4.69) is 82.9 Å². The van der Waals surface area contributed by atoms with E-state index < -0.39 is 18.2 Å². The van der Waals surface area contributed by atoms with E-state index in [-0.39, 0.29) is 23.9 Å². The number of carbonyl (C=O) groups is 3. The van der Waals surface area contributed by atoms with Crippen molar-refractivity contribution in [3.8, 4) is 22.5 Å². The number of alkyl carbamates (subject to hydrolysis) is 1. The lowest BCUT2D eigenvalue weighted by Gasteiger charge is -2.26. The summed E-state index contributed by atoms with van der Waals surface area (Å²) >= 11 is 0. The maximum atomic E-state index is 13.2. The van der Waals surface area contributed by atoms with Crippen LogP contribution in [0.1, 0.15) is 63.3 Å². The largest absolute Gasteiger partial charge is 0.453 e. The highest BCUT2D eigenvalue weighted by molar-refractivity contribution is 6.09. The van der Waals surface area contributed by atoms with E-state index in [4.69, 9.17) is 9.87 Å². The number of aromatic nitrogens is 5. The summed E-state index contributed by atoms with van der Waals surface area (Å²) in [7, 11) is 4.71. The summed E-state index contributed by atoms with van der Waals surface area (Å²) < 4.78 is 6.85. The number of rotatable bonds is 10. The van der Waals surface area contributed by atoms with Crippen molar-refractivity contribution in [3.63, 3.8) is 0 Å². The number of methoxy groups -OCH3 is 1. The number of carbonyl (C=O) groups excluding carboxylic acids is 3. The molecule has 5 aromatic rings. The second-order valence-electron chi connectivity index (χ2n) is 13.3.